The summed E-state index contributed by atoms with van der Waals surface area (Å²) in [5.41, 5.74) is -0.529. The van der Waals surface area contributed by atoms with Crippen LogP contribution in [0.15, 0.2) is 46.9 Å². The zero-order chi connectivity index (χ0) is 15.7. The highest BCUT2D eigenvalue weighted by Crippen LogP contribution is 2.59. The van der Waals surface area contributed by atoms with E-state index in [1.807, 2.05) is 30.3 Å². The topological polar surface area (TPSA) is 79.5 Å². The van der Waals surface area contributed by atoms with E-state index in [0.29, 0.717) is 12.2 Å². The number of carbonyl (C=O) groups excluding carboxylic acids is 1. The summed E-state index contributed by atoms with van der Waals surface area (Å²) in [6, 6.07) is 12.4. The van der Waals surface area contributed by atoms with Gasteiger partial charge in [0.05, 0.1) is 6.54 Å². The molecule has 3 rings (SSSR count). The first-order valence-corrected chi connectivity index (χ1v) is 7.22. The van der Waals surface area contributed by atoms with Gasteiger partial charge in [0.2, 0.25) is 5.91 Å². The van der Waals surface area contributed by atoms with Crippen LogP contribution in [-0.4, -0.2) is 17.0 Å². The first kappa shape index (κ1) is 14.7. The van der Waals surface area contributed by atoms with Gasteiger partial charge < -0.3 is 14.8 Å². The summed E-state index contributed by atoms with van der Waals surface area (Å²) in [6.45, 7) is 0.113. The average molecular weight is 320 g/mol. The summed E-state index contributed by atoms with van der Waals surface area (Å²) >= 11 is 5.66. The van der Waals surface area contributed by atoms with Gasteiger partial charge in [-0.25, -0.2) is 0 Å². The monoisotopic (exact) mass is 319 g/mol. The number of carboxylic acid groups (broad SMARTS) is 1. The SMILES string of the molecule is O=C(O)C1(C(=O)NCc2ccc(Cl)o2)CC1c1ccccc1. The normalized spacial score (nSPS) is 23.0. The lowest BCUT2D eigenvalue weighted by Crippen LogP contribution is -2.37. The van der Waals surface area contributed by atoms with Crippen LogP contribution < -0.4 is 5.32 Å². The van der Waals surface area contributed by atoms with Gasteiger partial charge in [-0.15, -0.1) is 0 Å². The Balaban J connectivity index is 1.72. The van der Waals surface area contributed by atoms with Crippen molar-refractivity contribution in [3.8, 4) is 0 Å². The number of nitrogens with one attached hydrogen (secondary N) is 1. The number of benzene rings is 1. The van der Waals surface area contributed by atoms with E-state index in [9.17, 15) is 14.7 Å². The molecule has 1 aromatic carbocycles. The minimum absolute atomic E-state index is 0.113. The van der Waals surface area contributed by atoms with Crippen molar-refractivity contribution in [3.63, 3.8) is 0 Å². The molecule has 1 aromatic heterocycles. The predicted octanol–water partition coefficient (Wildman–Crippen LogP) is 2.81. The zero-order valence-corrected chi connectivity index (χ0v) is 12.3. The second-order valence-electron chi connectivity index (χ2n) is 5.33. The van der Waals surface area contributed by atoms with E-state index in [4.69, 9.17) is 16.0 Å². The number of rotatable bonds is 5. The van der Waals surface area contributed by atoms with Crippen molar-refractivity contribution in [2.75, 3.05) is 0 Å². The maximum Gasteiger partial charge on any atom is 0.319 e. The van der Waals surface area contributed by atoms with Crippen LogP contribution in [0.3, 0.4) is 0 Å². The molecule has 2 atom stereocenters. The molecule has 1 aliphatic carbocycles. The van der Waals surface area contributed by atoms with Gasteiger partial charge in [0.1, 0.15) is 5.76 Å². The van der Waals surface area contributed by atoms with Gasteiger partial charge in [0.25, 0.3) is 0 Å². The Morgan fingerprint density at radius 3 is 2.59 bits per heavy atom. The molecule has 0 bridgehead atoms. The highest BCUT2D eigenvalue weighted by atomic mass is 35.5. The number of aliphatic carboxylic acids is 1. The van der Waals surface area contributed by atoms with Crippen molar-refractivity contribution in [1.82, 2.24) is 5.32 Å². The largest absolute Gasteiger partial charge is 0.480 e. The Morgan fingerprint density at radius 1 is 1.27 bits per heavy atom. The quantitative estimate of drug-likeness (QED) is 0.831. The lowest BCUT2D eigenvalue weighted by molar-refractivity contribution is -0.149. The Bertz CT molecular complexity index is 712. The first-order chi connectivity index (χ1) is 10.5. The molecule has 1 aliphatic rings. The van der Waals surface area contributed by atoms with Crippen LogP contribution in [0.4, 0.5) is 0 Å². The zero-order valence-electron chi connectivity index (χ0n) is 11.6. The second-order valence-corrected chi connectivity index (χ2v) is 5.70. The number of halogens is 1. The third-order valence-corrected chi connectivity index (χ3v) is 4.20. The van der Waals surface area contributed by atoms with Gasteiger partial charge in [-0.05, 0) is 35.7 Å². The number of hydrogen-bond acceptors (Lipinski definition) is 3. The van der Waals surface area contributed by atoms with Gasteiger partial charge in [-0.1, -0.05) is 30.3 Å². The molecule has 2 aromatic rings. The fourth-order valence-electron chi connectivity index (χ4n) is 2.71. The van der Waals surface area contributed by atoms with Crippen LogP contribution in [0, 0.1) is 5.41 Å². The summed E-state index contributed by atoms with van der Waals surface area (Å²) in [6.07, 6.45) is 0.303. The summed E-state index contributed by atoms with van der Waals surface area (Å²) in [5, 5.41) is 12.4. The highest BCUT2D eigenvalue weighted by molar-refractivity contribution is 6.28. The maximum absolute atomic E-state index is 12.4. The van der Waals surface area contributed by atoms with Gasteiger partial charge in [0, 0.05) is 5.92 Å². The van der Waals surface area contributed by atoms with E-state index < -0.39 is 17.3 Å². The van der Waals surface area contributed by atoms with Crippen molar-refractivity contribution >= 4 is 23.5 Å². The van der Waals surface area contributed by atoms with Gasteiger partial charge in [-0.3, -0.25) is 9.59 Å². The minimum atomic E-state index is -1.39. The van der Waals surface area contributed by atoms with Crippen molar-refractivity contribution in [1.29, 1.82) is 0 Å². The molecule has 1 fully saturated rings. The molecule has 1 heterocycles. The van der Waals surface area contributed by atoms with E-state index in [2.05, 4.69) is 5.32 Å². The summed E-state index contributed by atoms with van der Waals surface area (Å²) in [4.78, 5) is 24.0. The van der Waals surface area contributed by atoms with Crippen LogP contribution in [0.1, 0.15) is 23.7 Å². The average Bonchev–Trinajstić information content (AvgIpc) is 3.16. The van der Waals surface area contributed by atoms with Crippen molar-refractivity contribution in [2.24, 2.45) is 5.41 Å². The molecule has 5 nitrogen and oxygen atoms in total. The lowest BCUT2D eigenvalue weighted by Gasteiger charge is -2.12. The Labute approximate surface area is 131 Å². The lowest BCUT2D eigenvalue weighted by atomic mass is 9.98. The summed E-state index contributed by atoms with van der Waals surface area (Å²) in [5.74, 6) is -1.42. The molecule has 6 heteroatoms. The van der Waals surface area contributed by atoms with E-state index in [-0.39, 0.29) is 17.7 Å². The number of carboxylic acids is 1. The molecule has 0 spiro atoms. The fraction of sp³-hybridized carbons (Fsp3) is 0.250. The molecule has 22 heavy (non-hydrogen) atoms. The van der Waals surface area contributed by atoms with Crippen LogP contribution in [-0.2, 0) is 16.1 Å². The summed E-state index contributed by atoms with van der Waals surface area (Å²) < 4.78 is 5.14. The minimum Gasteiger partial charge on any atom is -0.480 e. The van der Waals surface area contributed by atoms with Crippen LogP contribution in [0.2, 0.25) is 5.22 Å². The summed E-state index contributed by atoms with van der Waals surface area (Å²) in [7, 11) is 0. The van der Waals surface area contributed by atoms with E-state index in [1.165, 1.54) is 0 Å². The third-order valence-electron chi connectivity index (χ3n) is 4.00. The first-order valence-electron chi connectivity index (χ1n) is 6.85. The standard InChI is InChI=1S/C16H14ClNO4/c17-13-7-6-11(22-13)9-18-14(19)16(15(20)21)8-12(16)10-4-2-1-3-5-10/h1-7,12H,8-9H2,(H,18,19)(H,20,21). The molecule has 2 unspecified atom stereocenters. The van der Waals surface area contributed by atoms with Crippen molar-refractivity contribution in [3.05, 3.63) is 59.0 Å². The number of carbonyl (C=O) groups is 2. The fourth-order valence-corrected chi connectivity index (χ4v) is 2.87. The molecule has 1 amide bonds. The molecule has 1 saturated carbocycles. The molecule has 0 radical (unpaired) electrons. The number of furan rings is 1. The molecule has 0 saturated heterocycles. The molecule has 114 valence electrons. The highest BCUT2D eigenvalue weighted by Gasteiger charge is 2.66. The van der Waals surface area contributed by atoms with E-state index in [0.717, 1.165) is 5.56 Å². The van der Waals surface area contributed by atoms with Crippen LogP contribution in [0.5, 0.6) is 0 Å². The number of hydrogen-bond donors (Lipinski definition) is 2. The van der Waals surface area contributed by atoms with Crippen LogP contribution >= 0.6 is 11.6 Å². The van der Waals surface area contributed by atoms with Crippen molar-refractivity contribution < 1.29 is 19.1 Å². The van der Waals surface area contributed by atoms with Crippen molar-refractivity contribution in [2.45, 2.75) is 18.9 Å². The van der Waals surface area contributed by atoms with E-state index in [1.54, 1.807) is 12.1 Å². The Morgan fingerprint density at radius 2 is 2.00 bits per heavy atom. The predicted molar refractivity (Wildman–Crippen MR) is 79.4 cm³/mol. The van der Waals surface area contributed by atoms with Crippen LogP contribution in [0.25, 0.3) is 0 Å². The molecule has 0 aliphatic heterocycles. The Kier molecular flexibility index (Phi) is 3.66. The Hall–Kier alpha value is -2.27. The molecular formula is C16H14ClNO4. The van der Waals surface area contributed by atoms with Gasteiger partial charge in [0.15, 0.2) is 10.6 Å². The second kappa shape index (κ2) is 5.50. The van der Waals surface area contributed by atoms with Gasteiger partial charge >= 0.3 is 5.97 Å². The smallest absolute Gasteiger partial charge is 0.319 e. The van der Waals surface area contributed by atoms with E-state index >= 15 is 0 Å². The van der Waals surface area contributed by atoms with Gasteiger partial charge in [-0.2, -0.15) is 0 Å². The molecular weight excluding hydrogens is 306 g/mol. The number of amides is 1. The molecule has 2 N–H and O–H groups in total. The third kappa shape index (κ3) is 2.48. The maximum atomic E-state index is 12.4.